The molecule has 0 saturated carbocycles. The third-order valence-corrected chi connectivity index (χ3v) is 2.43. The first kappa shape index (κ1) is 12.5. The van der Waals surface area contributed by atoms with Crippen molar-refractivity contribution in [1.82, 2.24) is 4.90 Å². The molecule has 1 aromatic rings. The van der Waals surface area contributed by atoms with E-state index in [1.165, 1.54) is 11.1 Å². The molecule has 88 valence electrons. The first-order valence-electron chi connectivity index (χ1n) is 5.23. The molecule has 0 aliphatic carbocycles. The fraction of sp³-hybridized carbons (Fsp3) is 0.417. The SMILES string of the molecule is Cc1ccc(NC(=O)O)cc1CCN(C)C. The van der Waals surface area contributed by atoms with Crippen molar-refractivity contribution in [3.8, 4) is 0 Å². The van der Waals surface area contributed by atoms with E-state index in [1.54, 1.807) is 6.07 Å². The Morgan fingerprint density at radius 2 is 2.12 bits per heavy atom. The largest absolute Gasteiger partial charge is 0.465 e. The molecular weight excluding hydrogens is 204 g/mol. The standard InChI is InChI=1S/C12H18N2O2/c1-9-4-5-11(13-12(15)16)8-10(9)6-7-14(2)3/h4-5,8,13H,6-7H2,1-3H3,(H,15,16). The number of benzene rings is 1. The summed E-state index contributed by atoms with van der Waals surface area (Å²) in [5.41, 5.74) is 3.00. The predicted octanol–water partition coefficient (Wildman–Crippen LogP) is 2.19. The van der Waals surface area contributed by atoms with Gasteiger partial charge in [-0.2, -0.15) is 0 Å². The maximum Gasteiger partial charge on any atom is 0.409 e. The Hall–Kier alpha value is -1.55. The molecule has 0 heterocycles. The van der Waals surface area contributed by atoms with Gasteiger partial charge in [-0.15, -0.1) is 0 Å². The maximum absolute atomic E-state index is 10.5. The summed E-state index contributed by atoms with van der Waals surface area (Å²) in [6, 6.07) is 5.62. The summed E-state index contributed by atoms with van der Waals surface area (Å²) in [4.78, 5) is 12.6. The van der Waals surface area contributed by atoms with E-state index < -0.39 is 6.09 Å². The highest BCUT2D eigenvalue weighted by Crippen LogP contribution is 2.16. The number of hydrogen-bond acceptors (Lipinski definition) is 2. The van der Waals surface area contributed by atoms with Gasteiger partial charge in [-0.3, -0.25) is 5.32 Å². The molecule has 1 amide bonds. The minimum atomic E-state index is -1.03. The number of anilines is 1. The number of carbonyl (C=O) groups is 1. The number of rotatable bonds is 4. The first-order chi connectivity index (χ1) is 7.49. The van der Waals surface area contributed by atoms with Gasteiger partial charge in [0.15, 0.2) is 0 Å². The number of likely N-dealkylation sites (N-methyl/N-ethyl adjacent to an activating group) is 1. The number of aryl methyl sites for hydroxylation is 1. The Labute approximate surface area is 95.9 Å². The van der Waals surface area contributed by atoms with Crippen LogP contribution in [0.25, 0.3) is 0 Å². The van der Waals surface area contributed by atoms with Gasteiger partial charge in [0, 0.05) is 12.2 Å². The fourth-order valence-corrected chi connectivity index (χ4v) is 1.49. The summed E-state index contributed by atoms with van der Waals surface area (Å²) in [5.74, 6) is 0. The van der Waals surface area contributed by atoms with Crippen molar-refractivity contribution in [2.75, 3.05) is 26.0 Å². The summed E-state index contributed by atoms with van der Waals surface area (Å²) in [6.07, 6.45) is -0.101. The zero-order valence-electron chi connectivity index (χ0n) is 9.95. The topological polar surface area (TPSA) is 52.6 Å². The van der Waals surface area contributed by atoms with Crippen molar-refractivity contribution in [2.45, 2.75) is 13.3 Å². The van der Waals surface area contributed by atoms with Crippen LogP contribution >= 0.6 is 0 Å². The molecule has 4 heteroatoms. The lowest BCUT2D eigenvalue weighted by Crippen LogP contribution is -2.16. The van der Waals surface area contributed by atoms with Crippen LogP contribution in [0, 0.1) is 6.92 Å². The molecule has 1 aromatic carbocycles. The number of hydrogen-bond donors (Lipinski definition) is 2. The van der Waals surface area contributed by atoms with Gasteiger partial charge < -0.3 is 10.0 Å². The van der Waals surface area contributed by atoms with Crippen molar-refractivity contribution in [2.24, 2.45) is 0 Å². The molecule has 0 radical (unpaired) electrons. The highest BCUT2D eigenvalue weighted by Gasteiger charge is 2.03. The van der Waals surface area contributed by atoms with Crippen LogP contribution in [0.1, 0.15) is 11.1 Å². The number of nitrogens with one attached hydrogen (secondary N) is 1. The summed E-state index contributed by atoms with van der Waals surface area (Å²) in [5, 5.41) is 11.0. The van der Waals surface area contributed by atoms with Gasteiger partial charge in [-0.25, -0.2) is 4.79 Å². The van der Waals surface area contributed by atoms with Gasteiger partial charge in [0.2, 0.25) is 0 Å². The second-order valence-electron chi connectivity index (χ2n) is 4.12. The Morgan fingerprint density at radius 3 is 2.69 bits per heavy atom. The lowest BCUT2D eigenvalue weighted by Gasteiger charge is -2.12. The zero-order chi connectivity index (χ0) is 12.1. The average molecular weight is 222 g/mol. The van der Waals surface area contributed by atoms with Crippen LogP contribution in [0.3, 0.4) is 0 Å². The van der Waals surface area contributed by atoms with Crippen LogP contribution in [-0.4, -0.2) is 36.7 Å². The van der Waals surface area contributed by atoms with Gasteiger partial charge >= 0.3 is 6.09 Å². The van der Waals surface area contributed by atoms with Crippen LogP contribution in [0.4, 0.5) is 10.5 Å². The van der Waals surface area contributed by atoms with Crippen LogP contribution in [0.5, 0.6) is 0 Å². The Kier molecular flexibility index (Phi) is 4.31. The van der Waals surface area contributed by atoms with E-state index in [0.29, 0.717) is 5.69 Å². The van der Waals surface area contributed by atoms with E-state index in [0.717, 1.165) is 13.0 Å². The molecule has 0 aliphatic rings. The normalized spacial score (nSPS) is 10.5. The third kappa shape index (κ3) is 3.90. The van der Waals surface area contributed by atoms with Gasteiger partial charge in [0.25, 0.3) is 0 Å². The number of nitrogens with zero attached hydrogens (tertiary/aromatic N) is 1. The lowest BCUT2D eigenvalue weighted by molar-refractivity contribution is 0.210. The van der Waals surface area contributed by atoms with Crippen LogP contribution in [-0.2, 0) is 6.42 Å². The third-order valence-electron chi connectivity index (χ3n) is 2.43. The van der Waals surface area contributed by atoms with Crippen LogP contribution in [0.2, 0.25) is 0 Å². The molecule has 0 aliphatic heterocycles. The minimum absolute atomic E-state index is 0.631. The molecule has 16 heavy (non-hydrogen) atoms. The maximum atomic E-state index is 10.5. The predicted molar refractivity (Wildman–Crippen MR) is 65.1 cm³/mol. The first-order valence-corrected chi connectivity index (χ1v) is 5.23. The molecule has 0 saturated heterocycles. The molecule has 0 fully saturated rings. The second kappa shape index (κ2) is 5.51. The van der Waals surface area contributed by atoms with E-state index >= 15 is 0 Å². The zero-order valence-corrected chi connectivity index (χ0v) is 9.95. The Morgan fingerprint density at radius 1 is 1.44 bits per heavy atom. The highest BCUT2D eigenvalue weighted by molar-refractivity contribution is 5.83. The van der Waals surface area contributed by atoms with E-state index in [2.05, 4.69) is 10.2 Å². The van der Waals surface area contributed by atoms with Crippen molar-refractivity contribution in [1.29, 1.82) is 0 Å². The Balaban J connectivity index is 2.77. The number of amides is 1. The van der Waals surface area contributed by atoms with Gasteiger partial charge in [0.05, 0.1) is 0 Å². The van der Waals surface area contributed by atoms with Gasteiger partial charge in [-0.05, 0) is 50.7 Å². The fourth-order valence-electron chi connectivity index (χ4n) is 1.49. The van der Waals surface area contributed by atoms with E-state index in [9.17, 15) is 4.79 Å². The molecule has 0 aromatic heterocycles. The van der Waals surface area contributed by atoms with E-state index in [-0.39, 0.29) is 0 Å². The molecule has 0 unspecified atom stereocenters. The van der Waals surface area contributed by atoms with Crippen LogP contribution in [0.15, 0.2) is 18.2 Å². The minimum Gasteiger partial charge on any atom is -0.465 e. The molecule has 0 bridgehead atoms. The monoisotopic (exact) mass is 222 g/mol. The molecule has 4 nitrogen and oxygen atoms in total. The smallest absolute Gasteiger partial charge is 0.409 e. The van der Waals surface area contributed by atoms with Crippen molar-refractivity contribution in [3.63, 3.8) is 0 Å². The molecule has 1 rings (SSSR count). The number of carboxylic acid groups (broad SMARTS) is 1. The summed E-state index contributed by atoms with van der Waals surface area (Å²) in [7, 11) is 4.05. The Bertz CT molecular complexity index is 375. The molecule has 0 atom stereocenters. The highest BCUT2D eigenvalue weighted by atomic mass is 16.4. The quantitative estimate of drug-likeness (QED) is 0.821. The van der Waals surface area contributed by atoms with Gasteiger partial charge in [-0.1, -0.05) is 6.07 Å². The van der Waals surface area contributed by atoms with Crippen molar-refractivity contribution < 1.29 is 9.90 Å². The van der Waals surface area contributed by atoms with Gasteiger partial charge in [0.1, 0.15) is 0 Å². The van der Waals surface area contributed by atoms with E-state index in [1.807, 2.05) is 33.2 Å². The molecular formula is C12H18N2O2. The van der Waals surface area contributed by atoms with Crippen LogP contribution < -0.4 is 5.32 Å². The lowest BCUT2D eigenvalue weighted by atomic mass is 10.0. The molecule has 0 spiro atoms. The molecule has 2 N–H and O–H groups in total. The van der Waals surface area contributed by atoms with Crippen molar-refractivity contribution >= 4 is 11.8 Å². The summed E-state index contributed by atoms with van der Waals surface area (Å²) < 4.78 is 0. The summed E-state index contributed by atoms with van der Waals surface area (Å²) in [6.45, 7) is 2.99. The van der Waals surface area contributed by atoms with E-state index in [4.69, 9.17) is 5.11 Å². The average Bonchev–Trinajstić information content (AvgIpc) is 2.18. The summed E-state index contributed by atoms with van der Waals surface area (Å²) >= 11 is 0. The second-order valence-corrected chi connectivity index (χ2v) is 4.12. The van der Waals surface area contributed by atoms with Crippen molar-refractivity contribution in [3.05, 3.63) is 29.3 Å².